The van der Waals surface area contributed by atoms with Crippen molar-refractivity contribution in [2.75, 3.05) is 50.7 Å². The predicted octanol–water partition coefficient (Wildman–Crippen LogP) is 2.61. The molecule has 0 aliphatic carbocycles. The molecular weight excluding hydrogens is 396 g/mol. The number of nitrogens with zero attached hydrogens (tertiary/aromatic N) is 6. The molecule has 3 aromatic rings. The van der Waals surface area contributed by atoms with Crippen molar-refractivity contribution in [3.05, 3.63) is 47.7 Å². The van der Waals surface area contributed by atoms with E-state index in [1.165, 1.54) is 9.71 Å². The lowest BCUT2D eigenvalue weighted by Gasteiger charge is -2.37. The highest BCUT2D eigenvalue weighted by molar-refractivity contribution is 7.18. The Hall–Kier alpha value is -2.58. The van der Waals surface area contributed by atoms with Crippen LogP contribution in [0.5, 0.6) is 0 Å². The average Bonchev–Trinajstić information content (AvgIpc) is 3.24. The number of thiazole rings is 1. The average molecular weight is 423 g/mol. The smallest absolute Gasteiger partial charge is 0.236 e. The van der Waals surface area contributed by atoms with Crippen molar-refractivity contribution in [2.45, 2.75) is 18.8 Å². The van der Waals surface area contributed by atoms with Crippen molar-refractivity contribution >= 4 is 33.4 Å². The van der Waals surface area contributed by atoms with Crippen LogP contribution in [0.2, 0.25) is 0 Å². The molecule has 4 heterocycles. The van der Waals surface area contributed by atoms with Crippen molar-refractivity contribution in [1.82, 2.24) is 24.8 Å². The molecule has 2 saturated heterocycles. The molecule has 5 rings (SSSR count). The molecule has 7 nitrogen and oxygen atoms in total. The molecule has 156 valence electrons. The predicted molar refractivity (Wildman–Crippen MR) is 119 cm³/mol. The normalized spacial score (nSPS) is 20.6. The van der Waals surface area contributed by atoms with Gasteiger partial charge in [0.25, 0.3) is 0 Å². The number of carbonyl (C=O) groups is 1. The molecule has 8 heteroatoms. The fraction of sp³-hybridized carbons (Fsp3) is 0.455. The van der Waals surface area contributed by atoms with E-state index in [9.17, 15) is 4.79 Å². The number of hydrogen-bond acceptors (Lipinski definition) is 7. The second-order valence-electron chi connectivity index (χ2n) is 8.01. The molecule has 2 aromatic heterocycles. The van der Waals surface area contributed by atoms with E-state index in [4.69, 9.17) is 4.98 Å². The van der Waals surface area contributed by atoms with Crippen LogP contribution in [0.25, 0.3) is 10.2 Å². The zero-order valence-corrected chi connectivity index (χ0v) is 17.8. The van der Waals surface area contributed by atoms with Gasteiger partial charge in [0.05, 0.1) is 21.8 Å². The van der Waals surface area contributed by atoms with Crippen molar-refractivity contribution in [1.29, 1.82) is 0 Å². The van der Waals surface area contributed by atoms with Crippen LogP contribution in [0.3, 0.4) is 0 Å². The number of fused-ring (bicyclic) bond motifs is 1. The second kappa shape index (κ2) is 8.65. The molecule has 0 N–H and O–H groups in total. The topological polar surface area (TPSA) is 65.5 Å². The van der Waals surface area contributed by atoms with Crippen molar-refractivity contribution in [3.63, 3.8) is 0 Å². The van der Waals surface area contributed by atoms with Crippen LogP contribution in [0.1, 0.15) is 23.8 Å². The van der Waals surface area contributed by atoms with Crippen LogP contribution < -0.4 is 4.90 Å². The largest absolute Gasteiger partial charge is 0.338 e. The van der Waals surface area contributed by atoms with Crippen LogP contribution >= 0.6 is 11.3 Å². The lowest BCUT2D eigenvalue weighted by Crippen LogP contribution is -2.52. The molecule has 0 spiro atoms. The maximum absolute atomic E-state index is 12.9. The summed E-state index contributed by atoms with van der Waals surface area (Å²) >= 11 is 1.80. The number of amides is 1. The first-order valence-corrected chi connectivity index (χ1v) is 11.5. The Morgan fingerprint density at radius 2 is 1.83 bits per heavy atom. The van der Waals surface area contributed by atoms with Gasteiger partial charge in [-0.05, 0) is 37.6 Å². The minimum absolute atomic E-state index is 0.230. The molecule has 1 aromatic carbocycles. The van der Waals surface area contributed by atoms with Gasteiger partial charge in [0.15, 0.2) is 0 Å². The Labute approximate surface area is 180 Å². The monoisotopic (exact) mass is 422 g/mol. The van der Waals surface area contributed by atoms with Crippen LogP contribution in [-0.2, 0) is 4.79 Å². The summed E-state index contributed by atoms with van der Waals surface area (Å²) in [5.41, 5.74) is 1.09. The second-order valence-corrected chi connectivity index (χ2v) is 9.07. The summed E-state index contributed by atoms with van der Waals surface area (Å²) in [7, 11) is 0. The molecule has 0 radical (unpaired) electrons. The van der Waals surface area contributed by atoms with Crippen LogP contribution in [0, 0.1) is 0 Å². The highest BCUT2D eigenvalue weighted by atomic mass is 32.1. The fourth-order valence-electron chi connectivity index (χ4n) is 4.37. The van der Waals surface area contributed by atoms with Gasteiger partial charge in [-0.2, -0.15) is 0 Å². The quantitative estimate of drug-likeness (QED) is 0.644. The zero-order chi connectivity index (χ0) is 20.3. The molecule has 1 amide bonds. The fourth-order valence-corrected chi connectivity index (χ4v) is 5.46. The van der Waals surface area contributed by atoms with Crippen molar-refractivity contribution in [2.24, 2.45) is 0 Å². The molecule has 0 bridgehead atoms. The number of para-hydroxylation sites is 1. The first kappa shape index (κ1) is 19.4. The van der Waals surface area contributed by atoms with Gasteiger partial charge in [-0.15, -0.1) is 11.3 Å². The van der Waals surface area contributed by atoms with Crippen molar-refractivity contribution in [3.8, 4) is 0 Å². The highest BCUT2D eigenvalue weighted by Gasteiger charge is 2.28. The summed E-state index contributed by atoms with van der Waals surface area (Å²) in [6, 6.07) is 10.2. The van der Waals surface area contributed by atoms with E-state index < -0.39 is 0 Å². The van der Waals surface area contributed by atoms with E-state index in [1.54, 1.807) is 23.7 Å². The number of piperidine rings is 1. The SMILES string of the molecule is O=C(CN1CCC[C@@H](c2nc3ccccc3s2)C1)N1CCN(c2ncccn2)CC1. The standard InChI is InChI=1S/C22H26N6OS/c29-20(27-11-13-28(14-12-27)22-23-8-4-9-24-22)16-26-10-3-5-17(15-26)21-25-18-6-1-2-7-19(18)30-21/h1-2,4,6-9,17H,3,5,10-16H2/t17-/m1/s1. The van der Waals surface area contributed by atoms with E-state index in [2.05, 4.69) is 38.0 Å². The third-order valence-electron chi connectivity index (χ3n) is 5.99. The number of aromatic nitrogens is 3. The molecule has 30 heavy (non-hydrogen) atoms. The van der Waals surface area contributed by atoms with Gasteiger partial charge < -0.3 is 9.80 Å². The summed E-state index contributed by atoms with van der Waals surface area (Å²) in [4.78, 5) is 32.9. The van der Waals surface area contributed by atoms with E-state index in [1.807, 2.05) is 17.0 Å². The minimum atomic E-state index is 0.230. The zero-order valence-electron chi connectivity index (χ0n) is 17.0. The number of anilines is 1. The molecule has 2 aliphatic heterocycles. The van der Waals surface area contributed by atoms with E-state index in [0.717, 1.165) is 63.6 Å². The Morgan fingerprint density at radius 1 is 1.03 bits per heavy atom. The summed E-state index contributed by atoms with van der Waals surface area (Å²) in [6.45, 7) is 5.43. The molecule has 2 aliphatic rings. The maximum Gasteiger partial charge on any atom is 0.236 e. The highest BCUT2D eigenvalue weighted by Crippen LogP contribution is 2.32. The summed E-state index contributed by atoms with van der Waals surface area (Å²) < 4.78 is 1.25. The van der Waals surface area contributed by atoms with Crippen LogP contribution in [0.15, 0.2) is 42.7 Å². The minimum Gasteiger partial charge on any atom is -0.338 e. The molecule has 0 saturated carbocycles. The lowest BCUT2D eigenvalue weighted by molar-refractivity contribution is -0.133. The maximum atomic E-state index is 12.9. The Morgan fingerprint density at radius 3 is 2.63 bits per heavy atom. The number of carbonyl (C=O) groups excluding carboxylic acids is 1. The van der Waals surface area contributed by atoms with Gasteiger partial charge >= 0.3 is 0 Å². The van der Waals surface area contributed by atoms with E-state index >= 15 is 0 Å². The van der Waals surface area contributed by atoms with Gasteiger partial charge in [-0.25, -0.2) is 15.0 Å². The first-order chi connectivity index (χ1) is 14.8. The van der Waals surface area contributed by atoms with Crippen LogP contribution in [-0.4, -0.2) is 76.5 Å². The number of likely N-dealkylation sites (tertiary alicyclic amines) is 1. The molecule has 2 fully saturated rings. The van der Waals surface area contributed by atoms with Gasteiger partial charge in [0.1, 0.15) is 0 Å². The summed E-state index contributed by atoms with van der Waals surface area (Å²) in [5, 5.41) is 1.21. The first-order valence-electron chi connectivity index (χ1n) is 10.6. The third kappa shape index (κ3) is 4.15. The van der Waals surface area contributed by atoms with E-state index in [0.29, 0.717) is 12.5 Å². The summed E-state index contributed by atoms with van der Waals surface area (Å²) in [5.74, 6) is 1.41. The number of piperazine rings is 1. The molecule has 1 atom stereocenters. The Balaban J connectivity index is 1.16. The lowest BCUT2D eigenvalue weighted by atomic mass is 9.98. The number of benzene rings is 1. The van der Waals surface area contributed by atoms with Gasteiger partial charge in [0, 0.05) is 51.0 Å². The van der Waals surface area contributed by atoms with Crippen LogP contribution in [0.4, 0.5) is 5.95 Å². The summed E-state index contributed by atoms with van der Waals surface area (Å²) in [6.07, 6.45) is 5.80. The third-order valence-corrected chi connectivity index (χ3v) is 7.19. The molecular formula is C22H26N6OS. The van der Waals surface area contributed by atoms with E-state index in [-0.39, 0.29) is 5.91 Å². The Kier molecular flexibility index (Phi) is 5.59. The Bertz CT molecular complexity index is 968. The number of hydrogen-bond donors (Lipinski definition) is 0. The number of rotatable bonds is 4. The molecule has 0 unspecified atom stereocenters. The van der Waals surface area contributed by atoms with Crippen molar-refractivity contribution < 1.29 is 4.79 Å². The van der Waals surface area contributed by atoms with Gasteiger partial charge in [-0.3, -0.25) is 9.69 Å². The van der Waals surface area contributed by atoms with Gasteiger partial charge in [-0.1, -0.05) is 12.1 Å². The van der Waals surface area contributed by atoms with Gasteiger partial charge in [0.2, 0.25) is 11.9 Å².